The molecule has 2 aromatic rings. The Balaban J connectivity index is 1.84. The number of nitro benzene ring substituents is 1. The van der Waals surface area contributed by atoms with Crippen molar-refractivity contribution < 1.29 is 28.7 Å². The number of likely N-dealkylation sites (N-methyl/N-ethyl adjacent to an activating group) is 1. The number of halogens is 1. The first-order chi connectivity index (χ1) is 15.3. The standard InChI is InChI=1S/C21H24ClN3O7/c1-24(10-12-31-17-6-4-16(22)5-7-17)20(26)14-32-21(27)15-3-8-18(23-9-11-30-2)19(13-15)25(28)29/h3-8,13,23H,9-12,14H2,1-2H3. The molecule has 0 bridgehead atoms. The second kappa shape index (κ2) is 12.5. The predicted molar refractivity (Wildman–Crippen MR) is 118 cm³/mol. The Morgan fingerprint density at radius 2 is 1.88 bits per heavy atom. The van der Waals surface area contributed by atoms with Gasteiger partial charge < -0.3 is 24.4 Å². The molecule has 2 rings (SSSR count). The molecular weight excluding hydrogens is 442 g/mol. The molecule has 0 spiro atoms. The lowest BCUT2D eigenvalue weighted by Gasteiger charge is -2.17. The zero-order valence-electron chi connectivity index (χ0n) is 17.7. The summed E-state index contributed by atoms with van der Waals surface area (Å²) in [6.45, 7) is 0.733. The van der Waals surface area contributed by atoms with Gasteiger partial charge in [0.1, 0.15) is 18.0 Å². The van der Waals surface area contributed by atoms with Gasteiger partial charge in [-0.2, -0.15) is 0 Å². The fraction of sp³-hybridized carbons (Fsp3) is 0.333. The van der Waals surface area contributed by atoms with Crippen LogP contribution in [0.5, 0.6) is 5.75 Å². The molecule has 0 aliphatic carbocycles. The van der Waals surface area contributed by atoms with Gasteiger partial charge >= 0.3 is 5.97 Å². The summed E-state index contributed by atoms with van der Waals surface area (Å²) >= 11 is 5.81. The molecule has 172 valence electrons. The number of amides is 1. The van der Waals surface area contributed by atoms with Gasteiger partial charge in [-0.1, -0.05) is 11.6 Å². The van der Waals surface area contributed by atoms with Crippen LogP contribution in [0.3, 0.4) is 0 Å². The number of hydrogen-bond acceptors (Lipinski definition) is 8. The number of ether oxygens (including phenoxy) is 3. The van der Waals surface area contributed by atoms with Crippen LogP contribution in [0.4, 0.5) is 11.4 Å². The monoisotopic (exact) mass is 465 g/mol. The van der Waals surface area contributed by atoms with E-state index in [1.807, 2.05) is 0 Å². The minimum Gasteiger partial charge on any atom is -0.492 e. The number of nitrogens with zero attached hydrogens (tertiary/aromatic N) is 2. The van der Waals surface area contributed by atoms with Gasteiger partial charge in [-0.05, 0) is 36.4 Å². The predicted octanol–water partition coefficient (Wildman–Crippen LogP) is 3.00. The van der Waals surface area contributed by atoms with E-state index < -0.39 is 23.4 Å². The summed E-state index contributed by atoms with van der Waals surface area (Å²) in [4.78, 5) is 36.5. The maximum atomic E-state index is 12.3. The van der Waals surface area contributed by atoms with Crippen molar-refractivity contribution in [2.75, 3.05) is 52.4 Å². The molecule has 0 heterocycles. The number of hydrogen-bond donors (Lipinski definition) is 1. The smallest absolute Gasteiger partial charge is 0.338 e. The van der Waals surface area contributed by atoms with E-state index in [9.17, 15) is 19.7 Å². The average molecular weight is 466 g/mol. The van der Waals surface area contributed by atoms with Crippen LogP contribution in [-0.2, 0) is 14.3 Å². The zero-order chi connectivity index (χ0) is 23.5. The fourth-order valence-corrected chi connectivity index (χ4v) is 2.65. The molecule has 1 N–H and O–H groups in total. The van der Waals surface area contributed by atoms with E-state index >= 15 is 0 Å². The summed E-state index contributed by atoms with van der Waals surface area (Å²) in [5.74, 6) is -0.662. The van der Waals surface area contributed by atoms with Crippen LogP contribution in [0.15, 0.2) is 42.5 Å². The van der Waals surface area contributed by atoms with Crippen LogP contribution in [0, 0.1) is 10.1 Å². The van der Waals surface area contributed by atoms with Crippen molar-refractivity contribution in [1.29, 1.82) is 0 Å². The lowest BCUT2D eigenvalue weighted by Crippen LogP contribution is -2.34. The molecule has 0 saturated carbocycles. The lowest BCUT2D eigenvalue weighted by molar-refractivity contribution is -0.384. The highest BCUT2D eigenvalue weighted by Crippen LogP contribution is 2.25. The number of esters is 1. The van der Waals surface area contributed by atoms with Gasteiger partial charge in [-0.25, -0.2) is 4.79 Å². The molecule has 0 aliphatic heterocycles. The first-order valence-electron chi connectivity index (χ1n) is 9.62. The lowest BCUT2D eigenvalue weighted by atomic mass is 10.1. The molecule has 0 atom stereocenters. The van der Waals surface area contributed by atoms with Gasteiger partial charge in [0.15, 0.2) is 6.61 Å². The van der Waals surface area contributed by atoms with E-state index in [2.05, 4.69) is 5.32 Å². The average Bonchev–Trinajstić information content (AvgIpc) is 2.78. The number of methoxy groups -OCH3 is 1. The molecule has 0 saturated heterocycles. The second-order valence-corrected chi connectivity index (χ2v) is 7.04. The minimum absolute atomic E-state index is 0.0319. The Morgan fingerprint density at radius 1 is 1.16 bits per heavy atom. The molecule has 0 aromatic heterocycles. The number of carbonyl (C=O) groups excluding carboxylic acids is 2. The number of carbonyl (C=O) groups is 2. The maximum absolute atomic E-state index is 12.3. The fourth-order valence-electron chi connectivity index (χ4n) is 2.52. The van der Waals surface area contributed by atoms with E-state index in [0.717, 1.165) is 6.07 Å². The summed E-state index contributed by atoms with van der Waals surface area (Å²) in [6, 6.07) is 10.7. The highest BCUT2D eigenvalue weighted by molar-refractivity contribution is 6.30. The van der Waals surface area contributed by atoms with Gasteiger partial charge in [0.05, 0.1) is 23.6 Å². The Bertz CT molecular complexity index is 937. The van der Waals surface area contributed by atoms with Crippen molar-refractivity contribution in [2.45, 2.75) is 0 Å². The minimum atomic E-state index is -0.837. The summed E-state index contributed by atoms with van der Waals surface area (Å²) in [7, 11) is 3.06. The topological polar surface area (TPSA) is 120 Å². The van der Waals surface area contributed by atoms with Gasteiger partial charge in [-0.3, -0.25) is 14.9 Å². The van der Waals surface area contributed by atoms with Crippen molar-refractivity contribution in [1.82, 2.24) is 4.90 Å². The van der Waals surface area contributed by atoms with Crippen LogP contribution in [0.1, 0.15) is 10.4 Å². The zero-order valence-corrected chi connectivity index (χ0v) is 18.5. The quantitative estimate of drug-likeness (QED) is 0.220. The Labute approximate surface area is 190 Å². The van der Waals surface area contributed by atoms with Crippen molar-refractivity contribution in [3.63, 3.8) is 0 Å². The summed E-state index contributed by atoms with van der Waals surface area (Å²) < 4.78 is 15.4. The second-order valence-electron chi connectivity index (χ2n) is 6.60. The molecule has 11 heteroatoms. The number of rotatable bonds is 12. The SMILES string of the molecule is COCCNc1ccc(C(=O)OCC(=O)N(C)CCOc2ccc(Cl)cc2)cc1[N+](=O)[O-]. The van der Waals surface area contributed by atoms with Gasteiger partial charge in [-0.15, -0.1) is 0 Å². The van der Waals surface area contributed by atoms with E-state index in [-0.39, 0.29) is 30.1 Å². The molecule has 10 nitrogen and oxygen atoms in total. The van der Waals surface area contributed by atoms with Crippen LogP contribution < -0.4 is 10.1 Å². The molecule has 0 fully saturated rings. The summed E-state index contributed by atoms with van der Waals surface area (Å²) in [6.07, 6.45) is 0. The van der Waals surface area contributed by atoms with E-state index in [1.165, 1.54) is 24.1 Å². The molecule has 0 radical (unpaired) electrons. The van der Waals surface area contributed by atoms with Gasteiger partial charge in [0.2, 0.25) is 0 Å². The Kier molecular flexibility index (Phi) is 9.71. The van der Waals surface area contributed by atoms with Crippen LogP contribution in [-0.4, -0.2) is 68.8 Å². The number of anilines is 1. The summed E-state index contributed by atoms with van der Waals surface area (Å²) in [5.41, 5.74) is -0.0611. The number of nitro groups is 1. The highest BCUT2D eigenvalue weighted by Gasteiger charge is 2.19. The molecule has 0 unspecified atom stereocenters. The van der Waals surface area contributed by atoms with Crippen LogP contribution in [0.25, 0.3) is 0 Å². The third-order valence-electron chi connectivity index (χ3n) is 4.31. The number of nitrogens with one attached hydrogen (secondary N) is 1. The van der Waals surface area contributed by atoms with Crippen molar-refractivity contribution in [3.05, 3.63) is 63.2 Å². The van der Waals surface area contributed by atoms with E-state index in [1.54, 1.807) is 31.3 Å². The van der Waals surface area contributed by atoms with Crippen LogP contribution in [0.2, 0.25) is 5.02 Å². The molecule has 32 heavy (non-hydrogen) atoms. The van der Waals surface area contributed by atoms with E-state index in [4.69, 9.17) is 25.8 Å². The van der Waals surface area contributed by atoms with Crippen LogP contribution >= 0.6 is 11.6 Å². The molecule has 0 aliphatic rings. The third kappa shape index (κ3) is 7.71. The highest BCUT2D eigenvalue weighted by atomic mass is 35.5. The van der Waals surface area contributed by atoms with Gasteiger partial charge in [0.25, 0.3) is 11.6 Å². The van der Waals surface area contributed by atoms with E-state index in [0.29, 0.717) is 23.9 Å². The van der Waals surface area contributed by atoms with Crippen molar-refractivity contribution in [2.24, 2.45) is 0 Å². The molecular formula is C21H24ClN3O7. The summed E-state index contributed by atoms with van der Waals surface area (Å²) in [5, 5.41) is 14.8. The Morgan fingerprint density at radius 3 is 2.53 bits per heavy atom. The number of benzene rings is 2. The molecule has 1 amide bonds. The Hall–Kier alpha value is -3.37. The van der Waals surface area contributed by atoms with Crippen molar-refractivity contribution in [3.8, 4) is 5.75 Å². The third-order valence-corrected chi connectivity index (χ3v) is 4.57. The largest absolute Gasteiger partial charge is 0.492 e. The van der Waals surface area contributed by atoms with Gasteiger partial charge in [0, 0.05) is 31.8 Å². The van der Waals surface area contributed by atoms with Crippen molar-refractivity contribution >= 4 is 34.9 Å². The first-order valence-corrected chi connectivity index (χ1v) is 10.0. The normalized spacial score (nSPS) is 10.3. The molecule has 2 aromatic carbocycles. The first kappa shape index (κ1) is 24.9. The maximum Gasteiger partial charge on any atom is 0.338 e.